The first-order valence-corrected chi connectivity index (χ1v) is 10.5. The summed E-state index contributed by atoms with van der Waals surface area (Å²) in [5.74, 6) is -0.0200. The van der Waals surface area contributed by atoms with Crippen LogP contribution in [0.5, 0.6) is 0 Å². The van der Waals surface area contributed by atoms with Crippen molar-refractivity contribution in [1.82, 2.24) is 9.88 Å². The molecule has 0 radical (unpaired) electrons. The number of nitrogens with one attached hydrogen (secondary N) is 1. The zero-order valence-electron chi connectivity index (χ0n) is 17.0. The molecular formula is C26H24N2O2. The van der Waals surface area contributed by atoms with Crippen LogP contribution in [-0.4, -0.2) is 28.9 Å². The molecule has 30 heavy (non-hydrogen) atoms. The predicted octanol–water partition coefficient (Wildman–Crippen LogP) is 4.88. The molecule has 5 rings (SSSR count). The molecule has 1 fully saturated rings. The molecule has 1 aromatic heterocycles. The van der Waals surface area contributed by atoms with Gasteiger partial charge in [-0.1, -0.05) is 55.5 Å². The van der Waals surface area contributed by atoms with E-state index >= 15 is 0 Å². The van der Waals surface area contributed by atoms with Gasteiger partial charge in [0.1, 0.15) is 0 Å². The van der Waals surface area contributed by atoms with Gasteiger partial charge in [-0.15, -0.1) is 0 Å². The molecule has 1 unspecified atom stereocenters. The minimum atomic E-state index is -0.0696. The minimum absolute atomic E-state index is 0.0200. The van der Waals surface area contributed by atoms with Crippen molar-refractivity contribution in [3.8, 4) is 0 Å². The largest absolute Gasteiger partial charge is 0.354 e. The third-order valence-corrected chi connectivity index (χ3v) is 6.43. The molecule has 1 N–H and O–H groups in total. The number of carbonyl (C=O) groups is 1. The molecule has 150 valence electrons. The lowest BCUT2D eigenvalue weighted by molar-refractivity contribution is 0.0653. The normalized spacial score (nSPS) is 19.3. The maximum atomic E-state index is 13.6. The van der Waals surface area contributed by atoms with E-state index in [0.717, 1.165) is 24.9 Å². The van der Waals surface area contributed by atoms with E-state index in [0.29, 0.717) is 28.4 Å². The van der Waals surface area contributed by atoms with E-state index in [1.165, 1.54) is 5.56 Å². The molecule has 4 aromatic rings. The van der Waals surface area contributed by atoms with Crippen molar-refractivity contribution in [2.24, 2.45) is 0 Å². The smallest absolute Gasteiger partial charge is 0.256 e. The van der Waals surface area contributed by atoms with Crippen LogP contribution < -0.4 is 5.43 Å². The second kappa shape index (κ2) is 7.13. The summed E-state index contributed by atoms with van der Waals surface area (Å²) in [5.41, 5.74) is 3.09. The molecule has 1 aliphatic heterocycles. The topological polar surface area (TPSA) is 53.2 Å². The number of fused-ring (bicyclic) bond motifs is 2. The molecule has 3 aromatic carbocycles. The lowest BCUT2D eigenvalue weighted by Gasteiger charge is -2.41. The molecule has 2 heterocycles. The first-order chi connectivity index (χ1) is 14.6. The predicted molar refractivity (Wildman–Crippen MR) is 121 cm³/mol. The molecule has 4 nitrogen and oxygen atoms in total. The van der Waals surface area contributed by atoms with Crippen molar-refractivity contribution in [2.75, 3.05) is 13.1 Å². The van der Waals surface area contributed by atoms with Crippen molar-refractivity contribution in [3.63, 3.8) is 0 Å². The number of aromatic nitrogens is 1. The van der Waals surface area contributed by atoms with Gasteiger partial charge in [0, 0.05) is 34.8 Å². The Balaban J connectivity index is 1.57. The summed E-state index contributed by atoms with van der Waals surface area (Å²) in [6.45, 7) is 3.64. The molecular weight excluding hydrogens is 372 g/mol. The Morgan fingerprint density at radius 3 is 2.50 bits per heavy atom. The van der Waals surface area contributed by atoms with E-state index in [1.807, 2.05) is 41.3 Å². The van der Waals surface area contributed by atoms with Crippen molar-refractivity contribution >= 4 is 27.7 Å². The van der Waals surface area contributed by atoms with E-state index in [2.05, 4.69) is 36.2 Å². The van der Waals surface area contributed by atoms with Crippen LogP contribution in [0.1, 0.15) is 35.7 Å². The molecule has 1 saturated heterocycles. The Kier molecular flexibility index (Phi) is 4.43. The lowest BCUT2D eigenvalue weighted by Crippen LogP contribution is -2.47. The quantitative estimate of drug-likeness (QED) is 0.491. The van der Waals surface area contributed by atoms with Gasteiger partial charge >= 0.3 is 0 Å². The zero-order chi connectivity index (χ0) is 20.7. The monoisotopic (exact) mass is 396 g/mol. The summed E-state index contributed by atoms with van der Waals surface area (Å²) in [7, 11) is 0. The number of carbonyl (C=O) groups excluding carboxylic acids is 1. The van der Waals surface area contributed by atoms with Gasteiger partial charge in [0.25, 0.3) is 5.91 Å². The number of para-hydroxylation sites is 2. The Labute approximate surface area is 175 Å². The highest BCUT2D eigenvalue weighted by Gasteiger charge is 2.35. The van der Waals surface area contributed by atoms with Gasteiger partial charge in [-0.05, 0) is 42.7 Å². The Hall–Kier alpha value is -3.40. The fourth-order valence-electron chi connectivity index (χ4n) is 4.78. The summed E-state index contributed by atoms with van der Waals surface area (Å²) in [6.07, 6.45) is 2.01. The molecule has 1 amide bonds. The molecule has 0 spiro atoms. The summed E-state index contributed by atoms with van der Waals surface area (Å²) in [5, 5.41) is 1.20. The number of nitrogens with zero attached hydrogens (tertiary/aromatic N) is 1. The van der Waals surface area contributed by atoms with Crippen LogP contribution in [0.3, 0.4) is 0 Å². The molecule has 0 aliphatic carbocycles. The van der Waals surface area contributed by atoms with Gasteiger partial charge in [-0.2, -0.15) is 0 Å². The highest BCUT2D eigenvalue weighted by atomic mass is 16.2. The number of hydrogen-bond donors (Lipinski definition) is 1. The second-order valence-electron chi connectivity index (χ2n) is 8.48. The standard InChI is InChI=1S/C26H24N2O2/c1-26(18-9-3-2-4-10-18)15-8-16-28(17-26)25(30)21-13-7-12-20-23(21)27-22-14-6-5-11-19(22)24(20)29/h2-7,9-14H,8,15-17H2,1H3,(H,27,29). The number of rotatable bonds is 2. The Bertz CT molecular complexity index is 1310. The van der Waals surface area contributed by atoms with E-state index in [-0.39, 0.29) is 16.8 Å². The number of H-pyrrole nitrogens is 1. The first kappa shape index (κ1) is 18.6. The Morgan fingerprint density at radius 1 is 0.933 bits per heavy atom. The molecule has 1 aliphatic rings. The molecule has 1 atom stereocenters. The highest BCUT2D eigenvalue weighted by Crippen LogP contribution is 2.34. The van der Waals surface area contributed by atoms with Gasteiger partial charge in [0.15, 0.2) is 5.43 Å². The maximum absolute atomic E-state index is 13.6. The van der Waals surface area contributed by atoms with Gasteiger partial charge < -0.3 is 9.88 Å². The summed E-state index contributed by atoms with van der Waals surface area (Å²) in [6, 6.07) is 23.3. The van der Waals surface area contributed by atoms with Crippen LogP contribution >= 0.6 is 0 Å². The number of pyridine rings is 1. The van der Waals surface area contributed by atoms with Gasteiger partial charge in [-0.3, -0.25) is 9.59 Å². The van der Waals surface area contributed by atoms with Crippen LogP contribution in [0.4, 0.5) is 0 Å². The number of benzene rings is 3. The minimum Gasteiger partial charge on any atom is -0.354 e. The van der Waals surface area contributed by atoms with Crippen molar-refractivity contribution in [2.45, 2.75) is 25.2 Å². The number of likely N-dealkylation sites (tertiary alicyclic amines) is 1. The zero-order valence-corrected chi connectivity index (χ0v) is 17.0. The van der Waals surface area contributed by atoms with Gasteiger partial charge in [-0.25, -0.2) is 0 Å². The van der Waals surface area contributed by atoms with E-state index in [4.69, 9.17) is 0 Å². The average molecular weight is 396 g/mol. The molecule has 0 saturated carbocycles. The van der Waals surface area contributed by atoms with Crippen molar-refractivity contribution in [3.05, 3.63) is 94.1 Å². The highest BCUT2D eigenvalue weighted by molar-refractivity contribution is 6.07. The van der Waals surface area contributed by atoms with Crippen LogP contribution in [0, 0.1) is 0 Å². The second-order valence-corrected chi connectivity index (χ2v) is 8.48. The van der Waals surface area contributed by atoms with Crippen LogP contribution in [0.15, 0.2) is 77.6 Å². The van der Waals surface area contributed by atoms with Crippen LogP contribution in [0.25, 0.3) is 21.8 Å². The summed E-state index contributed by atoms with van der Waals surface area (Å²) in [4.78, 5) is 31.9. The van der Waals surface area contributed by atoms with Gasteiger partial charge in [0.05, 0.1) is 11.1 Å². The number of aromatic amines is 1. The first-order valence-electron chi connectivity index (χ1n) is 10.5. The summed E-state index contributed by atoms with van der Waals surface area (Å²) < 4.78 is 0. The fraction of sp³-hybridized carbons (Fsp3) is 0.231. The van der Waals surface area contributed by atoms with Crippen LogP contribution in [0.2, 0.25) is 0 Å². The fourth-order valence-corrected chi connectivity index (χ4v) is 4.78. The average Bonchev–Trinajstić information content (AvgIpc) is 2.79. The van der Waals surface area contributed by atoms with Crippen LogP contribution in [-0.2, 0) is 5.41 Å². The van der Waals surface area contributed by atoms with Crippen molar-refractivity contribution in [1.29, 1.82) is 0 Å². The molecule has 0 bridgehead atoms. The van der Waals surface area contributed by atoms with Gasteiger partial charge in [0.2, 0.25) is 0 Å². The number of amides is 1. The Morgan fingerprint density at radius 2 is 1.67 bits per heavy atom. The molecule has 4 heteroatoms. The SMILES string of the molecule is CC1(c2ccccc2)CCCN(C(=O)c2cccc3c(=O)c4ccccc4[nH]c23)C1. The van der Waals surface area contributed by atoms with E-state index in [1.54, 1.807) is 12.1 Å². The lowest BCUT2D eigenvalue weighted by atomic mass is 9.76. The number of piperidine rings is 1. The third kappa shape index (κ3) is 3.00. The summed E-state index contributed by atoms with van der Waals surface area (Å²) >= 11 is 0. The maximum Gasteiger partial charge on any atom is 0.256 e. The van der Waals surface area contributed by atoms with Crippen molar-refractivity contribution < 1.29 is 4.79 Å². The van der Waals surface area contributed by atoms with E-state index < -0.39 is 0 Å². The van der Waals surface area contributed by atoms with E-state index in [9.17, 15) is 9.59 Å². The number of hydrogen-bond acceptors (Lipinski definition) is 2. The third-order valence-electron chi connectivity index (χ3n) is 6.43.